The summed E-state index contributed by atoms with van der Waals surface area (Å²) in [6, 6.07) is 10.4. The molecule has 1 nitrogen and oxygen atoms in total. The van der Waals surface area contributed by atoms with Crippen LogP contribution in [0.5, 0.6) is 0 Å². The molecule has 2 aromatic rings. The first-order valence-electron chi connectivity index (χ1n) is 5.78. The Bertz CT molecular complexity index is 549. The number of rotatable bonds is 2. The third kappa shape index (κ3) is 1.90. The molecule has 88 valence electrons. The second kappa shape index (κ2) is 4.13. The maximum atomic E-state index is 6.58. The van der Waals surface area contributed by atoms with Crippen LogP contribution in [0.2, 0.25) is 5.02 Å². The van der Waals surface area contributed by atoms with Crippen molar-refractivity contribution in [2.45, 2.75) is 24.8 Å². The van der Waals surface area contributed by atoms with Gasteiger partial charge >= 0.3 is 0 Å². The van der Waals surface area contributed by atoms with Crippen molar-refractivity contribution >= 4 is 22.9 Å². The van der Waals surface area contributed by atoms with Crippen molar-refractivity contribution in [3.8, 4) is 0 Å². The van der Waals surface area contributed by atoms with Gasteiger partial charge in [0, 0.05) is 16.8 Å². The van der Waals surface area contributed by atoms with Crippen LogP contribution in [0.15, 0.2) is 35.7 Å². The average molecular weight is 264 g/mol. The zero-order valence-corrected chi connectivity index (χ0v) is 11.0. The summed E-state index contributed by atoms with van der Waals surface area (Å²) in [7, 11) is 0. The van der Waals surface area contributed by atoms with Crippen molar-refractivity contribution in [3.63, 3.8) is 0 Å². The number of benzene rings is 1. The largest absolute Gasteiger partial charge is 0.321 e. The monoisotopic (exact) mass is 263 g/mol. The van der Waals surface area contributed by atoms with E-state index in [4.69, 9.17) is 17.3 Å². The molecule has 1 heterocycles. The summed E-state index contributed by atoms with van der Waals surface area (Å²) >= 11 is 7.86. The number of hydrogen-bond acceptors (Lipinski definition) is 2. The van der Waals surface area contributed by atoms with Gasteiger partial charge in [-0.25, -0.2) is 0 Å². The van der Waals surface area contributed by atoms with Crippen LogP contribution in [-0.4, -0.2) is 0 Å². The van der Waals surface area contributed by atoms with E-state index in [-0.39, 0.29) is 5.54 Å². The predicted molar refractivity (Wildman–Crippen MR) is 73.7 cm³/mol. The van der Waals surface area contributed by atoms with Crippen molar-refractivity contribution in [3.05, 3.63) is 56.7 Å². The van der Waals surface area contributed by atoms with E-state index in [9.17, 15) is 0 Å². The van der Waals surface area contributed by atoms with Gasteiger partial charge < -0.3 is 5.73 Å². The summed E-state index contributed by atoms with van der Waals surface area (Å²) in [5.41, 5.74) is 9.03. The van der Waals surface area contributed by atoms with Crippen LogP contribution in [-0.2, 0) is 18.4 Å². The molecule has 1 aliphatic carbocycles. The van der Waals surface area contributed by atoms with E-state index < -0.39 is 0 Å². The normalized spacial score (nSPS) is 22.7. The van der Waals surface area contributed by atoms with Gasteiger partial charge in [0.05, 0.1) is 5.02 Å². The minimum Gasteiger partial charge on any atom is -0.321 e. The molecule has 0 fully saturated rings. The fourth-order valence-electron chi connectivity index (χ4n) is 2.64. The molecule has 17 heavy (non-hydrogen) atoms. The number of fused-ring (bicyclic) bond motifs is 1. The molecule has 0 amide bonds. The minimum atomic E-state index is -0.231. The highest BCUT2D eigenvalue weighted by Gasteiger charge is 2.35. The van der Waals surface area contributed by atoms with Gasteiger partial charge in [-0.3, -0.25) is 0 Å². The molecule has 0 radical (unpaired) electrons. The van der Waals surface area contributed by atoms with E-state index in [2.05, 4.69) is 24.3 Å². The van der Waals surface area contributed by atoms with E-state index in [1.54, 1.807) is 11.3 Å². The Labute approximate surface area is 110 Å². The molecule has 0 saturated carbocycles. The van der Waals surface area contributed by atoms with E-state index in [1.165, 1.54) is 16.0 Å². The lowest BCUT2D eigenvalue weighted by atomic mass is 9.89. The molecule has 0 saturated heterocycles. The summed E-state index contributed by atoms with van der Waals surface area (Å²) in [4.78, 5) is 1.20. The van der Waals surface area contributed by atoms with Crippen molar-refractivity contribution in [2.75, 3.05) is 0 Å². The average Bonchev–Trinajstić information content (AvgIpc) is 2.87. The molecular weight excluding hydrogens is 250 g/mol. The van der Waals surface area contributed by atoms with Gasteiger partial charge in [-0.2, -0.15) is 0 Å². The Hall–Kier alpha value is -0.830. The van der Waals surface area contributed by atoms with Crippen molar-refractivity contribution in [1.82, 2.24) is 0 Å². The van der Waals surface area contributed by atoms with Crippen LogP contribution < -0.4 is 5.73 Å². The van der Waals surface area contributed by atoms with Crippen LogP contribution in [0.3, 0.4) is 0 Å². The fraction of sp³-hybridized carbons (Fsp3) is 0.286. The Morgan fingerprint density at radius 2 is 2.12 bits per heavy atom. The molecule has 1 unspecified atom stereocenters. The Morgan fingerprint density at radius 1 is 1.29 bits per heavy atom. The minimum absolute atomic E-state index is 0.231. The molecule has 0 bridgehead atoms. The maximum Gasteiger partial charge on any atom is 0.0545 e. The molecule has 1 atom stereocenters. The van der Waals surface area contributed by atoms with Gasteiger partial charge in [-0.1, -0.05) is 35.9 Å². The van der Waals surface area contributed by atoms with Gasteiger partial charge in [-0.15, -0.1) is 11.3 Å². The highest BCUT2D eigenvalue weighted by molar-refractivity contribution is 7.10. The number of nitrogens with two attached hydrogens (primary N) is 1. The fourth-order valence-corrected chi connectivity index (χ4v) is 3.87. The second-order valence-corrected chi connectivity index (χ2v) is 6.09. The maximum absolute atomic E-state index is 6.58. The molecule has 0 spiro atoms. The summed E-state index contributed by atoms with van der Waals surface area (Å²) in [5.74, 6) is 0. The quantitative estimate of drug-likeness (QED) is 0.878. The number of aryl methyl sites for hydroxylation is 1. The molecular formula is C14H14ClNS. The topological polar surface area (TPSA) is 26.0 Å². The zero-order valence-electron chi connectivity index (χ0n) is 9.45. The Morgan fingerprint density at radius 3 is 2.88 bits per heavy atom. The first-order chi connectivity index (χ1) is 8.19. The molecule has 2 N–H and O–H groups in total. The molecule has 3 rings (SSSR count). The molecule has 3 heteroatoms. The van der Waals surface area contributed by atoms with Crippen LogP contribution in [0.4, 0.5) is 0 Å². The van der Waals surface area contributed by atoms with Gasteiger partial charge in [0.15, 0.2) is 0 Å². The summed E-state index contributed by atoms with van der Waals surface area (Å²) < 4.78 is 0. The van der Waals surface area contributed by atoms with Crippen molar-refractivity contribution < 1.29 is 0 Å². The second-order valence-electron chi connectivity index (χ2n) is 4.68. The van der Waals surface area contributed by atoms with Crippen LogP contribution >= 0.6 is 22.9 Å². The Balaban J connectivity index is 1.96. The highest BCUT2D eigenvalue weighted by Crippen LogP contribution is 2.39. The van der Waals surface area contributed by atoms with E-state index in [0.29, 0.717) is 0 Å². The van der Waals surface area contributed by atoms with Crippen molar-refractivity contribution in [1.29, 1.82) is 0 Å². The van der Waals surface area contributed by atoms with Crippen molar-refractivity contribution in [2.24, 2.45) is 5.73 Å². The number of halogens is 1. The van der Waals surface area contributed by atoms with Crippen LogP contribution in [0.25, 0.3) is 0 Å². The van der Waals surface area contributed by atoms with Crippen LogP contribution in [0.1, 0.15) is 22.4 Å². The third-order valence-electron chi connectivity index (χ3n) is 3.56. The number of hydrogen-bond donors (Lipinski definition) is 1. The lowest BCUT2D eigenvalue weighted by Gasteiger charge is -2.25. The summed E-state index contributed by atoms with van der Waals surface area (Å²) in [6.45, 7) is 0. The van der Waals surface area contributed by atoms with E-state index >= 15 is 0 Å². The highest BCUT2D eigenvalue weighted by atomic mass is 35.5. The van der Waals surface area contributed by atoms with Gasteiger partial charge in [-0.05, 0) is 35.4 Å². The first kappa shape index (κ1) is 11.3. The lowest BCUT2D eigenvalue weighted by molar-refractivity contribution is 0.442. The van der Waals surface area contributed by atoms with Crippen LogP contribution in [0, 0.1) is 0 Å². The van der Waals surface area contributed by atoms with Gasteiger partial charge in [0.1, 0.15) is 0 Å². The first-order valence-corrected chi connectivity index (χ1v) is 7.04. The predicted octanol–water partition coefficient (Wildman–Crippen LogP) is 3.74. The Kier molecular flexibility index (Phi) is 2.74. The third-order valence-corrected chi connectivity index (χ3v) is 4.95. The van der Waals surface area contributed by atoms with Gasteiger partial charge in [0.25, 0.3) is 0 Å². The smallest absolute Gasteiger partial charge is 0.0545 e. The molecule has 0 aliphatic heterocycles. The SMILES string of the molecule is NC1(Cc2sccc2Cl)CCc2ccccc21. The van der Waals surface area contributed by atoms with E-state index in [0.717, 1.165) is 24.3 Å². The summed E-state index contributed by atoms with van der Waals surface area (Å²) in [6.07, 6.45) is 2.94. The lowest BCUT2D eigenvalue weighted by Crippen LogP contribution is -2.36. The molecule has 1 aromatic carbocycles. The zero-order chi connectivity index (χ0) is 11.9. The molecule has 1 aromatic heterocycles. The number of thiophene rings is 1. The molecule has 1 aliphatic rings. The van der Waals surface area contributed by atoms with E-state index in [1.807, 2.05) is 11.4 Å². The standard InChI is InChI=1S/C14H14ClNS/c15-12-6-8-17-13(12)9-14(16)7-5-10-3-1-2-4-11(10)14/h1-4,6,8H,5,7,9,16H2. The van der Waals surface area contributed by atoms with Gasteiger partial charge in [0.2, 0.25) is 0 Å². The summed E-state index contributed by atoms with van der Waals surface area (Å²) in [5, 5.41) is 2.88.